The molecule has 1 saturated carbocycles. The molecule has 0 saturated heterocycles. The van der Waals surface area contributed by atoms with Gasteiger partial charge in [-0.3, -0.25) is 14.3 Å². The fourth-order valence-corrected chi connectivity index (χ4v) is 3.90. The van der Waals surface area contributed by atoms with Gasteiger partial charge in [0.25, 0.3) is 0 Å². The Balaban J connectivity index is 1.42. The number of rotatable bonds is 7. The summed E-state index contributed by atoms with van der Waals surface area (Å²) in [6.45, 7) is 1.66. The second-order valence-corrected chi connectivity index (χ2v) is 7.83. The van der Waals surface area contributed by atoms with E-state index in [1.54, 1.807) is 19.3 Å². The average Bonchev–Trinajstić information content (AvgIpc) is 3.45. The van der Waals surface area contributed by atoms with Crippen LogP contribution in [0.1, 0.15) is 37.4 Å². The van der Waals surface area contributed by atoms with Gasteiger partial charge >= 0.3 is 0 Å². The number of nitrogens with one attached hydrogen (secondary N) is 1. The summed E-state index contributed by atoms with van der Waals surface area (Å²) in [4.78, 5) is 16.4. The van der Waals surface area contributed by atoms with Crippen LogP contribution in [-0.4, -0.2) is 31.4 Å². The van der Waals surface area contributed by atoms with Gasteiger partial charge in [-0.05, 0) is 38.0 Å². The first kappa shape index (κ1) is 19.5. The van der Waals surface area contributed by atoms with Crippen LogP contribution in [0, 0.1) is 11.6 Å². The molecule has 4 rings (SSSR count). The Hall–Kier alpha value is -2.81. The molecule has 150 valence electrons. The topological polar surface area (TPSA) is 72.7 Å². The first-order valence-corrected chi connectivity index (χ1v) is 10.2. The Morgan fingerprint density at radius 1 is 1.24 bits per heavy atom. The van der Waals surface area contributed by atoms with Crippen LogP contribution in [0.25, 0.3) is 11.4 Å². The number of hydrogen-bond donors (Lipinski definition) is 1. The third-order valence-corrected chi connectivity index (χ3v) is 5.60. The number of pyridine rings is 1. The number of aromatic nitrogens is 4. The third kappa shape index (κ3) is 4.45. The maximum Gasteiger partial charge on any atom is 0.230 e. The fraction of sp³-hybridized carbons (Fsp3) is 0.300. The maximum absolute atomic E-state index is 13.9. The number of halogens is 2. The van der Waals surface area contributed by atoms with Gasteiger partial charge < -0.3 is 5.32 Å². The lowest BCUT2D eigenvalue weighted by Gasteiger charge is -2.15. The molecule has 1 aliphatic rings. The predicted octanol–water partition coefficient (Wildman–Crippen LogP) is 3.92. The Kier molecular flexibility index (Phi) is 5.57. The lowest BCUT2D eigenvalue weighted by atomic mass is 10.1. The first-order chi connectivity index (χ1) is 14.0. The van der Waals surface area contributed by atoms with E-state index in [0.29, 0.717) is 11.2 Å². The lowest BCUT2D eigenvalue weighted by Crippen LogP contribution is -2.28. The van der Waals surface area contributed by atoms with Gasteiger partial charge in [0.1, 0.15) is 11.6 Å². The minimum Gasteiger partial charge on any atom is -0.349 e. The Labute approximate surface area is 170 Å². The van der Waals surface area contributed by atoms with Crippen molar-refractivity contribution in [3.8, 4) is 11.4 Å². The van der Waals surface area contributed by atoms with Crippen molar-refractivity contribution in [3.05, 3.63) is 59.9 Å². The SMILES string of the molecule is CC(NC(=O)CSc1nnc(-c2ccncc2)n1C1CC1)c1ccc(F)cc1F. The average molecular weight is 415 g/mol. The van der Waals surface area contributed by atoms with Crippen LogP contribution < -0.4 is 5.32 Å². The minimum atomic E-state index is -0.680. The molecule has 29 heavy (non-hydrogen) atoms. The van der Waals surface area contributed by atoms with Gasteiger partial charge in [-0.15, -0.1) is 10.2 Å². The predicted molar refractivity (Wildman–Crippen MR) is 105 cm³/mol. The van der Waals surface area contributed by atoms with Gasteiger partial charge in [0, 0.05) is 35.6 Å². The minimum absolute atomic E-state index is 0.119. The summed E-state index contributed by atoms with van der Waals surface area (Å²) in [5.74, 6) is -0.707. The Morgan fingerprint density at radius 2 is 2.00 bits per heavy atom. The van der Waals surface area contributed by atoms with Crippen molar-refractivity contribution in [1.29, 1.82) is 0 Å². The number of amides is 1. The summed E-state index contributed by atoms with van der Waals surface area (Å²) in [6, 6.07) is 6.85. The molecule has 2 heterocycles. The van der Waals surface area contributed by atoms with Gasteiger partial charge in [0.15, 0.2) is 11.0 Å². The van der Waals surface area contributed by atoms with Crippen LogP contribution >= 0.6 is 11.8 Å². The number of thioether (sulfide) groups is 1. The first-order valence-electron chi connectivity index (χ1n) is 9.25. The molecule has 1 N–H and O–H groups in total. The molecule has 1 amide bonds. The molecule has 1 fully saturated rings. The summed E-state index contributed by atoms with van der Waals surface area (Å²) in [6.07, 6.45) is 5.52. The largest absolute Gasteiger partial charge is 0.349 e. The van der Waals surface area contributed by atoms with E-state index in [1.165, 1.54) is 23.9 Å². The molecule has 1 unspecified atom stereocenters. The summed E-state index contributed by atoms with van der Waals surface area (Å²) < 4.78 is 29.0. The number of carbonyl (C=O) groups excluding carboxylic acids is 1. The van der Waals surface area contributed by atoms with Crippen molar-refractivity contribution in [2.75, 3.05) is 5.75 Å². The van der Waals surface area contributed by atoms with E-state index in [4.69, 9.17) is 0 Å². The second-order valence-electron chi connectivity index (χ2n) is 6.89. The van der Waals surface area contributed by atoms with Gasteiger partial charge in [-0.25, -0.2) is 8.78 Å². The van der Waals surface area contributed by atoms with Gasteiger partial charge in [-0.1, -0.05) is 17.8 Å². The highest BCUT2D eigenvalue weighted by Gasteiger charge is 2.30. The van der Waals surface area contributed by atoms with Crippen molar-refractivity contribution < 1.29 is 13.6 Å². The highest BCUT2D eigenvalue weighted by molar-refractivity contribution is 7.99. The van der Waals surface area contributed by atoms with Crippen LogP contribution in [-0.2, 0) is 4.79 Å². The van der Waals surface area contributed by atoms with Crippen LogP contribution in [0.2, 0.25) is 0 Å². The van der Waals surface area contributed by atoms with Crippen molar-refractivity contribution in [3.63, 3.8) is 0 Å². The van der Waals surface area contributed by atoms with Gasteiger partial charge in [-0.2, -0.15) is 0 Å². The zero-order valence-corrected chi connectivity index (χ0v) is 16.5. The molecule has 6 nitrogen and oxygen atoms in total. The van der Waals surface area contributed by atoms with Crippen LogP contribution in [0.5, 0.6) is 0 Å². The number of carbonyl (C=O) groups is 1. The zero-order valence-electron chi connectivity index (χ0n) is 15.7. The van der Waals surface area contributed by atoms with E-state index in [2.05, 4.69) is 25.1 Å². The van der Waals surface area contributed by atoms with E-state index in [-0.39, 0.29) is 17.2 Å². The molecule has 3 aromatic rings. The zero-order chi connectivity index (χ0) is 20.4. The molecule has 0 radical (unpaired) electrons. The highest BCUT2D eigenvalue weighted by atomic mass is 32.2. The quantitative estimate of drug-likeness (QED) is 0.592. The molecule has 9 heteroatoms. The lowest BCUT2D eigenvalue weighted by molar-refractivity contribution is -0.119. The molecule has 0 bridgehead atoms. The molecular weight excluding hydrogens is 396 g/mol. The smallest absolute Gasteiger partial charge is 0.230 e. The summed E-state index contributed by atoms with van der Waals surface area (Å²) in [5, 5.41) is 12.0. The van der Waals surface area contributed by atoms with Gasteiger partial charge in [0.2, 0.25) is 5.91 Å². The van der Waals surface area contributed by atoms with Crippen molar-refractivity contribution in [2.45, 2.75) is 37.0 Å². The fourth-order valence-electron chi connectivity index (χ4n) is 3.08. The van der Waals surface area contributed by atoms with Crippen molar-refractivity contribution in [1.82, 2.24) is 25.1 Å². The molecule has 0 spiro atoms. The standard InChI is InChI=1S/C20H19F2N5OS/c1-12(16-5-2-14(21)10-17(16)22)24-18(28)11-29-20-26-25-19(27(20)15-3-4-15)13-6-8-23-9-7-13/h2,5-10,12,15H,3-4,11H2,1H3,(H,24,28). The van der Waals surface area contributed by atoms with Crippen LogP contribution in [0.15, 0.2) is 47.9 Å². The maximum atomic E-state index is 13.9. The Bertz CT molecular complexity index is 1020. The van der Waals surface area contributed by atoms with E-state index in [9.17, 15) is 13.6 Å². The third-order valence-electron chi connectivity index (χ3n) is 4.65. The molecular formula is C20H19F2N5OS. The van der Waals surface area contributed by atoms with Crippen LogP contribution in [0.3, 0.4) is 0 Å². The molecule has 1 atom stereocenters. The number of hydrogen-bond acceptors (Lipinski definition) is 5. The summed E-state index contributed by atoms with van der Waals surface area (Å²) in [5.41, 5.74) is 1.17. The monoisotopic (exact) mass is 415 g/mol. The van der Waals surface area contributed by atoms with E-state index >= 15 is 0 Å². The normalized spacial score (nSPS) is 14.6. The van der Waals surface area contributed by atoms with Gasteiger partial charge in [0.05, 0.1) is 11.8 Å². The summed E-state index contributed by atoms with van der Waals surface area (Å²) >= 11 is 1.29. The molecule has 1 aliphatic carbocycles. The van der Waals surface area contributed by atoms with E-state index in [0.717, 1.165) is 30.3 Å². The molecule has 2 aromatic heterocycles. The van der Waals surface area contributed by atoms with Crippen molar-refractivity contribution in [2.24, 2.45) is 0 Å². The highest BCUT2D eigenvalue weighted by Crippen LogP contribution is 2.40. The van der Waals surface area contributed by atoms with E-state index in [1.807, 2.05) is 12.1 Å². The number of nitrogens with zero attached hydrogens (tertiary/aromatic N) is 4. The second kappa shape index (κ2) is 8.28. The molecule has 0 aliphatic heterocycles. The van der Waals surface area contributed by atoms with Crippen LogP contribution in [0.4, 0.5) is 8.78 Å². The van der Waals surface area contributed by atoms with E-state index < -0.39 is 17.7 Å². The molecule has 1 aromatic carbocycles. The number of benzene rings is 1. The summed E-state index contributed by atoms with van der Waals surface area (Å²) in [7, 11) is 0. The van der Waals surface area contributed by atoms with Crippen molar-refractivity contribution >= 4 is 17.7 Å². The Morgan fingerprint density at radius 3 is 2.69 bits per heavy atom.